The minimum Gasteiger partial charge on any atom is -0.497 e. The van der Waals surface area contributed by atoms with Gasteiger partial charge in [0, 0.05) is 24.8 Å². The van der Waals surface area contributed by atoms with Crippen molar-refractivity contribution >= 4 is 41.8 Å². The van der Waals surface area contributed by atoms with Gasteiger partial charge in [0.15, 0.2) is 0 Å². The second kappa shape index (κ2) is 16.1. The van der Waals surface area contributed by atoms with E-state index in [1.807, 2.05) is 63.2 Å². The van der Waals surface area contributed by atoms with Crippen LogP contribution in [0.15, 0.2) is 60.8 Å². The molecule has 3 amide bonds. The molecule has 0 radical (unpaired) electrons. The largest absolute Gasteiger partial charge is 0.497 e. The van der Waals surface area contributed by atoms with Crippen molar-refractivity contribution in [1.29, 1.82) is 0 Å². The number of imide groups is 1. The third kappa shape index (κ3) is 9.86. The van der Waals surface area contributed by atoms with Crippen LogP contribution in [-0.4, -0.2) is 70.4 Å². The summed E-state index contributed by atoms with van der Waals surface area (Å²) < 4.78 is 16.5. The van der Waals surface area contributed by atoms with E-state index in [2.05, 4.69) is 10.3 Å². The van der Waals surface area contributed by atoms with Crippen LogP contribution < -0.4 is 15.6 Å². The van der Waals surface area contributed by atoms with Gasteiger partial charge in [0.2, 0.25) is 17.7 Å². The van der Waals surface area contributed by atoms with Gasteiger partial charge in [-0.1, -0.05) is 37.3 Å². The van der Waals surface area contributed by atoms with Crippen LogP contribution in [0.4, 0.5) is 9.59 Å². The van der Waals surface area contributed by atoms with Gasteiger partial charge in [-0.05, 0) is 120 Å². The van der Waals surface area contributed by atoms with Gasteiger partial charge in [-0.25, -0.2) is 0 Å². The summed E-state index contributed by atoms with van der Waals surface area (Å²) in [6.07, 6.45) is 1.53. The van der Waals surface area contributed by atoms with E-state index in [1.165, 1.54) is 6.20 Å². The lowest BCUT2D eigenvalue weighted by Crippen LogP contribution is -2.68. The number of benzene rings is 2. The number of amides is 3. The lowest BCUT2D eigenvalue weighted by atomic mass is 9.46. The maximum Gasteiger partial charge on any atom is 0.460 e. The smallest absolute Gasteiger partial charge is 0.460 e. The maximum atomic E-state index is 14.0. The second-order valence-corrected chi connectivity index (χ2v) is 15.4. The summed E-state index contributed by atoms with van der Waals surface area (Å²) in [4.78, 5) is 73.5. The molecule has 3 atom stereocenters. The molecule has 2 aromatic carbocycles. The van der Waals surface area contributed by atoms with E-state index in [0.29, 0.717) is 11.3 Å². The third-order valence-corrected chi connectivity index (χ3v) is 8.83. The van der Waals surface area contributed by atoms with Crippen LogP contribution in [0.5, 0.6) is 5.75 Å². The highest BCUT2D eigenvalue weighted by Gasteiger charge is 2.54. The predicted octanol–water partition coefficient (Wildman–Crippen LogP) is 5.85. The first-order valence-corrected chi connectivity index (χ1v) is 17.5. The normalized spacial score (nSPS) is 16.3. The van der Waals surface area contributed by atoms with Crippen molar-refractivity contribution in [3.8, 4) is 5.75 Å². The molecule has 11 nitrogen and oxygen atoms in total. The quantitative estimate of drug-likeness (QED) is 0.181. The zero-order valence-electron chi connectivity index (χ0n) is 31.9. The molecule has 276 valence electrons. The van der Waals surface area contributed by atoms with Crippen molar-refractivity contribution in [2.75, 3.05) is 7.11 Å². The highest BCUT2D eigenvalue weighted by atomic mass is 16.6. The Labute approximate surface area is 306 Å². The Balaban J connectivity index is 1.63. The number of carbonyl (C=O) groups is 5. The molecule has 2 heterocycles. The maximum absolute atomic E-state index is 14.0. The summed E-state index contributed by atoms with van der Waals surface area (Å²) in [6, 6.07) is 15.4. The van der Waals surface area contributed by atoms with Gasteiger partial charge in [-0.2, -0.15) is 0 Å². The average Bonchev–Trinajstić information content (AvgIpc) is 3.04. The highest BCUT2D eigenvalue weighted by molar-refractivity contribution is 7.16. The lowest BCUT2D eigenvalue weighted by Gasteiger charge is -2.45. The van der Waals surface area contributed by atoms with Gasteiger partial charge >= 0.3 is 6.71 Å². The number of β-lactam (4-membered cyclic amide) rings is 1. The number of likely N-dealkylation sites (tertiary alicyclic amines) is 1. The van der Waals surface area contributed by atoms with Gasteiger partial charge in [0.25, 0.3) is 11.7 Å². The number of aromatic nitrogens is 1. The Morgan fingerprint density at radius 2 is 1.48 bits per heavy atom. The Morgan fingerprint density at radius 1 is 0.904 bits per heavy atom. The van der Waals surface area contributed by atoms with Crippen molar-refractivity contribution in [1.82, 2.24) is 15.2 Å². The zero-order valence-corrected chi connectivity index (χ0v) is 31.9. The Morgan fingerprint density at radius 3 is 2.02 bits per heavy atom. The Hall–Kier alpha value is -5.00. The number of rotatable bonds is 12. The summed E-state index contributed by atoms with van der Waals surface area (Å²) in [7, 11) is 1.59. The predicted molar refractivity (Wildman–Crippen MR) is 199 cm³/mol. The molecule has 52 heavy (non-hydrogen) atoms. The van der Waals surface area contributed by atoms with Crippen LogP contribution in [0.25, 0.3) is 0 Å². The molecule has 1 N–H and O–H groups in total. The molecule has 1 aliphatic rings. The molecule has 0 unspecified atom stereocenters. The van der Waals surface area contributed by atoms with Gasteiger partial charge in [0.1, 0.15) is 23.0 Å². The average molecular weight is 712 g/mol. The molecule has 0 aliphatic carbocycles. The molecule has 1 aromatic heterocycles. The summed E-state index contributed by atoms with van der Waals surface area (Å²) in [6.45, 7) is 14.6. The summed E-state index contributed by atoms with van der Waals surface area (Å²) in [5.74, 6) is -3.39. The summed E-state index contributed by atoms with van der Waals surface area (Å²) in [5, 5.41) is 2.97. The van der Waals surface area contributed by atoms with Gasteiger partial charge in [-0.15, -0.1) is 0 Å². The number of hydrogen-bond acceptors (Lipinski definition) is 9. The van der Waals surface area contributed by atoms with Crippen LogP contribution in [0.1, 0.15) is 88.6 Å². The van der Waals surface area contributed by atoms with Gasteiger partial charge < -0.3 is 19.5 Å². The number of hydrogen-bond donors (Lipinski definition) is 1. The number of aryl methyl sites for hydroxylation is 2. The van der Waals surface area contributed by atoms with E-state index < -0.39 is 59.3 Å². The van der Waals surface area contributed by atoms with Crippen LogP contribution >= 0.6 is 0 Å². The Kier molecular flexibility index (Phi) is 12.3. The number of nitrogens with zero attached hydrogens (tertiary/aromatic N) is 2. The highest BCUT2D eigenvalue weighted by Crippen LogP contribution is 2.33. The minimum atomic E-state index is -1.48. The number of pyridine rings is 1. The van der Waals surface area contributed by atoms with Crippen LogP contribution in [0.2, 0.25) is 0 Å². The number of carbonyl (C=O) groups excluding carboxylic acids is 5. The van der Waals surface area contributed by atoms with E-state index in [9.17, 15) is 24.0 Å². The molecule has 0 spiro atoms. The van der Waals surface area contributed by atoms with Crippen molar-refractivity contribution in [3.63, 3.8) is 0 Å². The molecule has 12 heteroatoms. The number of nitrogens with one attached hydrogen (secondary N) is 1. The third-order valence-electron chi connectivity index (χ3n) is 8.83. The monoisotopic (exact) mass is 711 g/mol. The zero-order chi connectivity index (χ0) is 38.5. The lowest BCUT2D eigenvalue weighted by molar-refractivity contribution is -0.171. The number of ether oxygens (including phenoxy) is 3. The molecular weight excluding hydrogens is 661 g/mol. The first kappa shape index (κ1) is 39.8. The van der Waals surface area contributed by atoms with Crippen molar-refractivity contribution < 1.29 is 38.2 Å². The molecule has 0 saturated carbocycles. The minimum absolute atomic E-state index is 0.0375. The second-order valence-electron chi connectivity index (χ2n) is 15.4. The van der Waals surface area contributed by atoms with Crippen LogP contribution in [0.3, 0.4) is 0 Å². The fourth-order valence-electron chi connectivity index (χ4n) is 6.31. The summed E-state index contributed by atoms with van der Waals surface area (Å²) in [5.41, 5.74) is 2.57. The van der Waals surface area contributed by atoms with E-state index in [0.717, 1.165) is 27.2 Å². The SMILES string of the molecule is COc1cc(C)c(CNC(=O)[C@@H]2[C@@H](Cc3ccnc(B(C(=O)OC(C)(C)C)C(=O)OC(C)(C)C)c3)C(=O)N2C(=O)C[C@H](C)c2ccccc2)c(C)c1. The number of methoxy groups -OCH3 is 1. The van der Waals surface area contributed by atoms with Gasteiger partial charge in [-0.3, -0.25) is 33.9 Å². The van der Waals surface area contributed by atoms with Crippen molar-refractivity contribution in [3.05, 3.63) is 88.6 Å². The fourth-order valence-corrected chi connectivity index (χ4v) is 6.31. The molecule has 1 aliphatic heterocycles. The fraction of sp³-hybridized carbons (Fsp3) is 0.450. The standard InChI is InChI=1S/C40H50BN3O8/c1-24(28-14-12-11-13-15-28)20-33(45)44-34(35(46)43-23-31-25(2)18-29(50-10)19-26(31)3)30(36(44)47)21-27-16-17-42-32(22-27)41(37(48)51-39(4,5)6)38(49)52-40(7,8)9/h11-19,22,24,30,34H,20-21,23H2,1-10H3,(H,43,46)/t24-,30+,34-/m0/s1. The molecule has 0 bridgehead atoms. The summed E-state index contributed by atoms with van der Waals surface area (Å²) >= 11 is 0. The Bertz CT molecular complexity index is 1760. The van der Waals surface area contributed by atoms with Crippen LogP contribution in [0, 0.1) is 19.8 Å². The van der Waals surface area contributed by atoms with Crippen molar-refractivity contribution in [2.45, 2.75) is 105 Å². The van der Waals surface area contributed by atoms with E-state index in [4.69, 9.17) is 14.2 Å². The first-order chi connectivity index (χ1) is 24.3. The first-order valence-electron chi connectivity index (χ1n) is 17.5. The van der Waals surface area contributed by atoms with E-state index in [1.54, 1.807) is 60.8 Å². The molecular formula is C40H50BN3O8. The van der Waals surface area contributed by atoms with Crippen LogP contribution in [-0.2, 0) is 36.8 Å². The molecule has 3 aromatic rings. The van der Waals surface area contributed by atoms with E-state index >= 15 is 0 Å². The molecule has 1 saturated heterocycles. The topological polar surface area (TPSA) is 141 Å². The molecule has 4 rings (SSSR count). The van der Waals surface area contributed by atoms with Crippen molar-refractivity contribution in [2.24, 2.45) is 5.92 Å². The molecule has 1 fully saturated rings. The van der Waals surface area contributed by atoms with E-state index in [-0.39, 0.29) is 30.9 Å². The van der Waals surface area contributed by atoms with Gasteiger partial charge in [0.05, 0.1) is 13.0 Å².